The van der Waals surface area contributed by atoms with Crippen molar-refractivity contribution in [3.63, 3.8) is 0 Å². The Morgan fingerprint density at radius 1 is 1.27 bits per heavy atom. The zero-order valence-electron chi connectivity index (χ0n) is 16.8. The first kappa shape index (κ1) is 23.6. The number of nitrogens with one attached hydrogen (secondary N) is 2. The molecule has 1 aromatic heterocycles. The van der Waals surface area contributed by atoms with Crippen molar-refractivity contribution >= 4 is 41.3 Å². The molecule has 1 saturated heterocycles. The quantitative estimate of drug-likeness (QED) is 0.314. The Morgan fingerprint density at radius 2 is 2.00 bits per heavy atom. The second kappa shape index (κ2) is 12.9. The Kier molecular flexibility index (Phi) is 11.7. The minimum Gasteiger partial charge on any atom is -0.357 e. The molecule has 0 amide bonds. The van der Waals surface area contributed by atoms with E-state index in [9.17, 15) is 0 Å². The number of guanidine groups is 1. The predicted molar refractivity (Wildman–Crippen MR) is 124 cm³/mol. The highest BCUT2D eigenvalue weighted by atomic mass is 127. The lowest BCUT2D eigenvalue weighted by Gasteiger charge is -2.29. The number of hydrogen-bond acceptors (Lipinski definition) is 4. The Morgan fingerprint density at radius 3 is 2.58 bits per heavy atom. The molecule has 1 aromatic rings. The zero-order valence-corrected chi connectivity index (χ0v) is 19.9. The summed E-state index contributed by atoms with van der Waals surface area (Å²) >= 11 is 1.82. The van der Waals surface area contributed by atoms with Crippen molar-refractivity contribution in [2.75, 3.05) is 32.7 Å². The second-order valence-electron chi connectivity index (χ2n) is 7.02. The largest absolute Gasteiger partial charge is 0.357 e. The Hall–Kier alpha value is -0.410. The van der Waals surface area contributed by atoms with Crippen LogP contribution in [0.3, 0.4) is 0 Å². The molecule has 2 rings (SSSR count). The Balaban J connectivity index is 0.00000338. The molecule has 1 atom stereocenters. The number of likely N-dealkylation sites (tertiary alicyclic amines) is 1. The highest BCUT2D eigenvalue weighted by molar-refractivity contribution is 14.0. The molecular weight excluding hydrogens is 457 g/mol. The van der Waals surface area contributed by atoms with Crippen molar-refractivity contribution in [1.82, 2.24) is 20.5 Å². The fraction of sp³-hybridized carbons (Fsp3) is 0.789. The Bertz CT molecular complexity index is 526. The lowest BCUT2D eigenvalue weighted by atomic mass is 10.0. The van der Waals surface area contributed by atoms with Crippen molar-refractivity contribution in [3.05, 3.63) is 16.1 Å². The van der Waals surface area contributed by atoms with Crippen molar-refractivity contribution in [3.8, 4) is 0 Å². The average molecular weight is 494 g/mol. The van der Waals surface area contributed by atoms with Gasteiger partial charge in [-0.15, -0.1) is 35.3 Å². The molecule has 26 heavy (non-hydrogen) atoms. The molecule has 0 spiro atoms. The van der Waals surface area contributed by atoms with Crippen LogP contribution in [0.4, 0.5) is 0 Å². The average Bonchev–Trinajstić information content (AvgIpc) is 3.26. The lowest BCUT2D eigenvalue weighted by Crippen LogP contribution is -2.42. The minimum atomic E-state index is 0. The van der Waals surface area contributed by atoms with Gasteiger partial charge in [-0.2, -0.15) is 0 Å². The summed E-state index contributed by atoms with van der Waals surface area (Å²) in [5.41, 5.74) is 0. The summed E-state index contributed by atoms with van der Waals surface area (Å²) < 4.78 is 0. The van der Waals surface area contributed by atoms with Gasteiger partial charge in [-0.1, -0.05) is 20.8 Å². The monoisotopic (exact) mass is 493 g/mol. The van der Waals surface area contributed by atoms with Crippen LogP contribution in [0.5, 0.6) is 0 Å². The summed E-state index contributed by atoms with van der Waals surface area (Å²) in [4.78, 5) is 13.3. The van der Waals surface area contributed by atoms with Gasteiger partial charge in [-0.3, -0.25) is 9.89 Å². The lowest BCUT2D eigenvalue weighted by molar-refractivity contribution is 0.197. The van der Waals surface area contributed by atoms with Gasteiger partial charge in [0, 0.05) is 36.6 Å². The van der Waals surface area contributed by atoms with Crippen LogP contribution in [0.2, 0.25) is 0 Å². The molecule has 2 heterocycles. The van der Waals surface area contributed by atoms with Gasteiger partial charge in [0.25, 0.3) is 0 Å². The first-order chi connectivity index (χ1) is 12.1. The summed E-state index contributed by atoms with van der Waals surface area (Å²) in [6, 6.07) is 0.545. The summed E-state index contributed by atoms with van der Waals surface area (Å²) in [6.07, 6.45) is 6.69. The highest BCUT2D eigenvalue weighted by Gasteiger charge is 2.24. The van der Waals surface area contributed by atoms with Crippen molar-refractivity contribution in [1.29, 1.82) is 0 Å². The number of hydrogen-bond donors (Lipinski definition) is 2. The van der Waals surface area contributed by atoms with Gasteiger partial charge >= 0.3 is 0 Å². The maximum atomic E-state index is 4.87. The van der Waals surface area contributed by atoms with E-state index in [1.54, 1.807) is 0 Å². The van der Waals surface area contributed by atoms with Gasteiger partial charge < -0.3 is 10.6 Å². The smallest absolute Gasteiger partial charge is 0.191 e. The molecule has 1 aliphatic rings. The van der Waals surface area contributed by atoms with E-state index in [1.807, 2.05) is 17.5 Å². The fourth-order valence-corrected chi connectivity index (χ4v) is 4.12. The first-order valence-corrected chi connectivity index (χ1v) is 10.7. The molecule has 5 nitrogen and oxygen atoms in total. The van der Waals surface area contributed by atoms with Crippen molar-refractivity contribution < 1.29 is 0 Å². The van der Waals surface area contributed by atoms with E-state index in [0.717, 1.165) is 38.4 Å². The van der Waals surface area contributed by atoms with Crippen LogP contribution in [-0.2, 0) is 12.8 Å². The van der Waals surface area contributed by atoms with E-state index in [2.05, 4.69) is 48.2 Å². The Labute approximate surface area is 180 Å². The van der Waals surface area contributed by atoms with Crippen LogP contribution in [0.25, 0.3) is 0 Å². The van der Waals surface area contributed by atoms with E-state index in [-0.39, 0.29) is 24.0 Å². The third-order valence-corrected chi connectivity index (χ3v) is 5.94. The van der Waals surface area contributed by atoms with E-state index in [4.69, 9.17) is 4.99 Å². The molecule has 0 radical (unpaired) electrons. The maximum absolute atomic E-state index is 4.87. The molecule has 1 unspecified atom stereocenters. The van der Waals surface area contributed by atoms with Gasteiger partial charge in [0.05, 0.1) is 11.6 Å². The number of halogens is 1. The molecule has 1 aliphatic heterocycles. The van der Waals surface area contributed by atoms with Gasteiger partial charge in [-0.25, -0.2) is 4.98 Å². The number of thiazole rings is 1. The molecule has 0 saturated carbocycles. The van der Waals surface area contributed by atoms with Crippen LogP contribution >= 0.6 is 35.3 Å². The van der Waals surface area contributed by atoms with Crippen LogP contribution in [0.1, 0.15) is 50.4 Å². The van der Waals surface area contributed by atoms with Crippen molar-refractivity contribution in [2.24, 2.45) is 10.9 Å². The number of nitrogens with zero attached hydrogens (tertiary/aromatic N) is 3. The van der Waals surface area contributed by atoms with Gasteiger partial charge in [0.2, 0.25) is 0 Å². The molecule has 2 N–H and O–H groups in total. The fourth-order valence-electron chi connectivity index (χ4n) is 3.26. The van der Waals surface area contributed by atoms with Crippen LogP contribution in [0, 0.1) is 5.92 Å². The van der Waals surface area contributed by atoms with Crippen LogP contribution in [0.15, 0.2) is 11.2 Å². The summed E-state index contributed by atoms with van der Waals surface area (Å²) in [5.74, 6) is 1.56. The molecule has 0 aliphatic carbocycles. The van der Waals surface area contributed by atoms with Gasteiger partial charge in [0.15, 0.2) is 5.96 Å². The topological polar surface area (TPSA) is 52.6 Å². The zero-order chi connectivity index (χ0) is 18.1. The van der Waals surface area contributed by atoms with E-state index < -0.39 is 0 Å². The van der Waals surface area contributed by atoms with Crippen LogP contribution < -0.4 is 10.6 Å². The molecule has 1 fully saturated rings. The molecule has 0 aromatic carbocycles. The summed E-state index contributed by atoms with van der Waals surface area (Å²) in [5, 5.41) is 8.05. The first-order valence-electron chi connectivity index (χ1n) is 9.83. The molecule has 0 bridgehead atoms. The SMILES string of the molecule is CCNC(=NCC(C(C)C)N1CCCC1)NCCc1ncc(CC)s1.I. The molecule has 150 valence electrons. The standard InChI is InChI=1S/C19H35N5S.HI/c1-5-16-13-22-18(25-16)9-10-21-19(20-6-2)23-14-17(15(3)4)24-11-7-8-12-24;/h13,15,17H,5-12,14H2,1-4H3,(H2,20,21,23);1H. The third-order valence-electron chi connectivity index (χ3n) is 4.74. The third kappa shape index (κ3) is 7.68. The van der Waals surface area contributed by atoms with Crippen LogP contribution in [-0.4, -0.2) is 54.6 Å². The van der Waals surface area contributed by atoms with E-state index in [0.29, 0.717) is 12.0 Å². The van der Waals surface area contributed by atoms with E-state index in [1.165, 1.54) is 35.8 Å². The normalized spacial score (nSPS) is 16.6. The number of aliphatic imine (C=N–C) groups is 1. The van der Waals surface area contributed by atoms with Gasteiger partial charge in [0.1, 0.15) is 0 Å². The summed E-state index contributed by atoms with van der Waals surface area (Å²) in [7, 11) is 0. The molecular formula is C19H36IN5S. The molecule has 7 heteroatoms. The number of rotatable bonds is 9. The summed E-state index contributed by atoms with van der Waals surface area (Å²) in [6.45, 7) is 14.0. The number of aryl methyl sites for hydroxylation is 1. The number of aromatic nitrogens is 1. The second-order valence-corrected chi connectivity index (χ2v) is 8.22. The van der Waals surface area contributed by atoms with Gasteiger partial charge in [-0.05, 0) is 45.2 Å². The minimum absolute atomic E-state index is 0. The van der Waals surface area contributed by atoms with E-state index >= 15 is 0 Å². The maximum Gasteiger partial charge on any atom is 0.191 e. The van der Waals surface area contributed by atoms with Crippen molar-refractivity contribution in [2.45, 2.75) is 59.4 Å². The predicted octanol–water partition coefficient (Wildman–Crippen LogP) is 3.54. The highest BCUT2D eigenvalue weighted by Crippen LogP contribution is 2.18.